The molecule has 2 aromatic carbocycles. The van der Waals surface area contributed by atoms with Gasteiger partial charge in [-0.2, -0.15) is 0 Å². The number of aliphatic hydroxyl groups excluding tert-OH is 1. The fourth-order valence-corrected chi connectivity index (χ4v) is 1.95. The predicted octanol–water partition coefficient (Wildman–Crippen LogP) is 2.13. The lowest BCUT2D eigenvalue weighted by atomic mass is 10.1. The number of nitrogen functional groups attached to an aromatic ring is 1. The van der Waals surface area contributed by atoms with Crippen molar-refractivity contribution in [2.24, 2.45) is 0 Å². The lowest BCUT2D eigenvalue weighted by Gasteiger charge is -2.12. The number of benzene rings is 2. The largest absolute Gasteiger partial charge is 0.399 e. The molecular formula is C16H20N2O. The van der Waals surface area contributed by atoms with Crippen molar-refractivity contribution < 1.29 is 5.11 Å². The molecule has 3 nitrogen and oxygen atoms in total. The van der Waals surface area contributed by atoms with E-state index >= 15 is 0 Å². The molecule has 0 heterocycles. The summed E-state index contributed by atoms with van der Waals surface area (Å²) in [5.41, 5.74) is 8.62. The van der Waals surface area contributed by atoms with Gasteiger partial charge >= 0.3 is 0 Å². The van der Waals surface area contributed by atoms with Crippen LogP contribution in [0.3, 0.4) is 0 Å². The third-order valence-corrected chi connectivity index (χ3v) is 3.09. The van der Waals surface area contributed by atoms with E-state index in [9.17, 15) is 5.11 Å². The lowest BCUT2D eigenvalue weighted by Crippen LogP contribution is -2.23. The van der Waals surface area contributed by atoms with Gasteiger partial charge in [0, 0.05) is 12.2 Å². The van der Waals surface area contributed by atoms with E-state index in [1.807, 2.05) is 54.6 Å². The van der Waals surface area contributed by atoms with E-state index in [-0.39, 0.29) is 0 Å². The Hall–Kier alpha value is -1.84. The first-order chi connectivity index (χ1) is 9.25. The van der Waals surface area contributed by atoms with Crippen LogP contribution in [0.5, 0.6) is 0 Å². The number of rotatable bonds is 6. The molecule has 3 heteroatoms. The summed E-state index contributed by atoms with van der Waals surface area (Å²) < 4.78 is 0. The van der Waals surface area contributed by atoms with E-state index in [0.29, 0.717) is 6.54 Å². The molecule has 0 aliphatic carbocycles. The lowest BCUT2D eigenvalue weighted by molar-refractivity contribution is 0.175. The second-order valence-corrected chi connectivity index (χ2v) is 4.62. The van der Waals surface area contributed by atoms with Gasteiger partial charge in [-0.15, -0.1) is 0 Å². The molecule has 19 heavy (non-hydrogen) atoms. The van der Waals surface area contributed by atoms with Crippen LogP contribution in [-0.4, -0.2) is 18.2 Å². The highest BCUT2D eigenvalue weighted by Crippen LogP contribution is 2.10. The Morgan fingerprint density at radius 3 is 2.37 bits per heavy atom. The van der Waals surface area contributed by atoms with Crippen LogP contribution in [0.4, 0.5) is 5.69 Å². The maximum atomic E-state index is 9.98. The van der Waals surface area contributed by atoms with E-state index < -0.39 is 6.10 Å². The normalized spacial score (nSPS) is 12.3. The predicted molar refractivity (Wildman–Crippen MR) is 78.8 cm³/mol. The summed E-state index contributed by atoms with van der Waals surface area (Å²) in [6, 6.07) is 17.6. The first-order valence-corrected chi connectivity index (χ1v) is 6.54. The first kappa shape index (κ1) is 13.6. The van der Waals surface area contributed by atoms with Crippen LogP contribution in [0, 0.1) is 0 Å². The maximum absolute atomic E-state index is 9.98. The van der Waals surface area contributed by atoms with Crippen molar-refractivity contribution in [2.75, 3.05) is 18.8 Å². The molecule has 0 unspecified atom stereocenters. The number of nitrogens with one attached hydrogen (secondary N) is 1. The van der Waals surface area contributed by atoms with E-state index in [0.717, 1.165) is 24.2 Å². The van der Waals surface area contributed by atoms with Crippen LogP contribution in [0.2, 0.25) is 0 Å². The molecule has 0 amide bonds. The van der Waals surface area contributed by atoms with Crippen molar-refractivity contribution in [2.45, 2.75) is 12.5 Å². The molecule has 4 N–H and O–H groups in total. The summed E-state index contributed by atoms with van der Waals surface area (Å²) >= 11 is 0. The molecule has 0 aliphatic heterocycles. The zero-order chi connectivity index (χ0) is 13.5. The van der Waals surface area contributed by atoms with Crippen LogP contribution in [0.15, 0.2) is 54.6 Å². The van der Waals surface area contributed by atoms with Crippen molar-refractivity contribution in [1.29, 1.82) is 0 Å². The molecule has 2 rings (SSSR count). The SMILES string of the molecule is Nc1ccc(CCNC[C@@H](O)c2ccccc2)cc1. The summed E-state index contributed by atoms with van der Waals surface area (Å²) in [6.07, 6.45) is 0.481. The molecule has 0 bridgehead atoms. The van der Waals surface area contributed by atoms with Crippen molar-refractivity contribution >= 4 is 5.69 Å². The van der Waals surface area contributed by atoms with E-state index in [1.165, 1.54) is 5.56 Å². The van der Waals surface area contributed by atoms with Crippen molar-refractivity contribution in [3.8, 4) is 0 Å². The zero-order valence-electron chi connectivity index (χ0n) is 10.9. The highest BCUT2D eigenvalue weighted by Gasteiger charge is 2.05. The standard InChI is InChI=1S/C16H20N2O/c17-15-8-6-13(7-9-15)10-11-18-12-16(19)14-4-2-1-3-5-14/h1-9,16,18-19H,10-12,17H2/t16-/m1/s1. The molecule has 0 aliphatic rings. The Kier molecular flexibility index (Phi) is 4.95. The fraction of sp³-hybridized carbons (Fsp3) is 0.250. The first-order valence-electron chi connectivity index (χ1n) is 6.54. The molecule has 100 valence electrons. The summed E-state index contributed by atoms with van der Waals surface area (Å²) in [5, 5.41) is 13.2. The van der Waals surface area contributed by atoms with E-state index in [2.05, 4.69) is 5.32 Å². The molecule has 1 atom stereocenters. The molecule has 2 aromatic rings. The van der Waals surface area contributed by atoms with Crippen LogP contribution < -0.4 is 11.1 Å². The second kappa shape index (κ2) is 6.92. The van der Waals surface area contributed by atoms with E-state index in [4.69, 9.17) is 5.73 Å². The van der Waals surface area contributed by atoms with Crippen molar-refractivity contribution in [3.63, 3.8) is 0 Å². The fourth-order valence-electron chi connectivity index (χ4n) is 1.95. The van der Waals surface area contributed by atoms with Crippen molar-refractivity contribution in [3.05, 3.63) is 65.7 Å². The van der Waals surface area contributed by atoms with Crippen LogP contribution in [0.1, 0.15) is 17.2 Å². The highest BCUT2D eigenvalue weighted by atomic mass is 16.3. The average Bonchev–Trinajstić information content (AvgIpc) is 2.46. The number of aliphatic hydroxyl groups is 1. The van der Waals surface area contributed by atoms with Gasteiger partial charge in [-0.05, 0) is 36.2 Å². The second-order valence-electron chi connectivity index (χ2n) is 4.62. The van der Waals surface area contributed by atoms with Crippen LogP contribution in [0.25, 0.3) is 0 Å². The molecule has 0 saturated carbocycles. The van der Waals surface area contributed by atoms with Gasteiger partial charge in [0.2, 0.25) is 0 Å². The van der Waals surface area contributed by atoms with Gasteiger partial charge in [0.15, 0.2) is 0 Å². The molecule has 0 aromatic heterocycles. The maximum Gasteiger partial charge on any atom is 0.0914 e. The van der Waals surface area contributed by atoms with E-state index in [1.54, 1.807) is 0 Å². The quantitative estimate of drug-likeness (QED) is 0.548. The molecule has 0 fully saturated rings. The van der Waals surface area contributed by atoms with Crippen LogP contribution >= 0.6 is 0 Å². The van der Waals surface area contributed by atoms with Gasteiger partial charge < -0.3 is 16.2 Å². The Balaban J connectivity index is 1.71. The molecule has 0 saturated heterocycles. The van der Waals surface area contributed by atoms with Gasteiger partial charge in [-0.3, -0.25) is 0 Å². The number of hydrogen-bond acceptors (Lipinski definition) is 3. The number of nitrogens with two attached hydrogens (primary N) is 1. The summed E-state index contributed by atoms with van der Waals surface area (Å²) in [7, 11) is 0. The molecule has 0 spiro atoms. The Morgan fingerprint density at radius 1 is 1.00 bits per heavy atom. The third kappa shape index (κ3) is 4.39. The average molecular weight is 256 g/mol. The Bertz CT molecular complexity index is 482. The Morgan fingerprint density at radius 2 is 1.68 bits per heavy atom. The highest BCUT2D eigenvalue weighted by molar-refractivity contribution is 5.39. The molecule has 0 radical (unpaired) electrons. The van der Waals surface area contributed by atoms with Gasteiger partial charge in [0.25, 0.3) is 0 Å². The summed E-state index contributed by atoms with van der Waals surface area (Å²) in [4.78, 5) is 0. The minimum atomic E-state index is -0.451. The number of anilines is 1. The summed E-state index contributed by atoms with van der Waals surface area (Å²) in [5.74, 6) is 0. The van der Waals surface area contributed by atoms with Crippen molar-refractivity contribution in [1.82, 2.24) is 5.32 Å². The van der Waals surface area contributed by atoms with Crippen LogP contribution in [-0.2, 0) is 6.42 Å². The molecular weight excluding hydrogens is 236 g/mol. The topological polar surface area (TPSA) is 58.3 Å². The van der Waals surface area contributed by atoms with Gasteiger partial charge in [-0.25, -0.2) is 0 Å². The smallest absolute Gasteiger partial charge is 0.0914 e. The minimum Gasteiger partial charge on any atom is -0.399 e. The monoisotopic (exact) mass is 256 g/mol. The van der Waals surface area contributed by atoms with Gasteiger partial charge in [0.1, 0.15) is 0 Å². The Labute approximate surface area is 114 Å². The third-order valence-electron chi connectivity index (χ3n) is 3.09. The number of hydrogen-bond donors (Lipinski definition) is 3. The minimum absolute atomic E-state index is 0.451. The van der Waals surface area contributed by atoms with Gasteiger partial charge in [0.05, 0.1) is 6.10 Å². The zero-order valence-corrected chi connectivity index (χ0v) is 10.9. The van der Waals surface area contributed by atoms with Gasteiger partial charge in [-0.1, -0.05) is 42.5 Å². The summed E-state index contributed by atoms with van der Waals surface area (Å²) in [6.45, 7) is 1.41.